The zero-order valence-corrected chi connectivity index (χ0v) is 41.1. The van der Waals surface area contributed by atoms with Gasteiger partial charge in [-0.15, -0.1) is 0 Å². The molecule has 1 aliphatic carbocycles. The standard InChI is InChI=1S/C69H48N2Si/c1-69(2)60-29-15-13-27-55(60)57-38-34-45-33-37-50(44-58(45)67(57)69)70-61-30-16-14-28-56(61)59-42-46(35-39-62(59)70)47-36-40-64-66(43-47)72(51-21-5-3-6-22-51,52-23-7-4-8-24-52)65-32-18-17-31-63(65)71(64)68-53-25-11-9-19-48(53)41-49-20-10-12-26-54(49)68/h3-44H,1-2H3. The van der Waals surface area contributed by atoms with E-state index in [2.05, 4.69) is 278 Å². The minimum Gasteiger partial charge on any atom is -0.309 e. The predicted molar refractivity (Wildman–Crippen MR) is 308 cm³/mol. The van der Waals surface area contributed by atoms with Crippen molar-refractivity contribution in [2.75, 3.05) is 4.90 Å². The van der Waals surface area contributed by atoms with E-state index < -0.39 is 8.07 Å². The minimum absolute atomic E-state index is 0.113. The molecule has 3 heteroatoms. The van der Waals surface area contributed by atoms with Gasteiger partial charge in [-0.2, -0.15) is 0 Å². The Kier molecular flexibility index (Phi) is 8.76. The summed E-state index contributed by atoms with van der Waals surface area (Å²) in [7, 11) is -2.99. The van der Waals surface area contributed by atoms with Gasteiger partial charge in [0.15, 0.2) is 8.07 Å². The molecule has 12 aromatic carbocycles. The molecule has 0 amide bonds. The Morgan fingerprint density at radius 2 is 0.944 bits per heavy atom. The van der Waals surface area contributed by atoms with Gasteiger partial charge in [0.2, 0.25) is 0 Å². The van der Waals surface area contributed by atoms with Gasteiger partial charge < -0.3 is 9.47 Å². The molecule has 2 heterocycles. The van der Waals surface area contributed by atoms with Crippen molar-refractivity contribution >= 4 is 100 Å². The largest absolute Gasteiger partial charge is 0.309 e. The minimum atomic E-state index is -2.99. The van der Waals surface area contributed by atoms with E-state index in [0.717, 1.165) is 0 Å². The van der Waals surface area contributed by atoms with Crippen LogP contribution < -0.4 is 25.6 Å². The van der Waals surface area contributed by atoms with Crippen molar-refractivity contribution in [2.45, 2.75) is 19.3 Å². The average molecular weight is 933 g/mol. The van der Waals surface area contributed by atoms with E-state index in [1.165, 1.54) is 131 Å². The van der Waals surface area contributed by atoms with Crippen LogP contribution in [0, 0.1) is 0 Å². The number of rotatable bonds is 5. The Morgan fingerprint density at radius 3 is 1.71 bits per heavy atom. The quantitative estimate of drug-likeness (QED) is 0.123. The van der Waals surface area contributed by atoms with Gasteiger partial charge in [0.25, 0.3) is 0 Å². The van der Waals surface area contributed by atoms with Crippen LogP contribution in [0.25, 0.3) is 82.1 Å². The first kappa shape index (κ1) is 41.1. The molecule has 0 saturated carbocycles. The Bertz CT molecular complexity index is 4280. The third kappa shape index (κ3) is 5.65. The maximum atomic E-state index is 2.60. The van der Waals surface area contributed by atoms with Gasteiger partial charge in [-0.3, -0.25) is 0 Å². The topological polar surface area (TPSA) is 8.17 Å². The number of fused-ring (bicyclic) bond motifs is 12. The van der Waals surface area contributed by atoms with Crippen LogP contribution in [0.3, 0.4) is 0 Å². The first-order valence-corrected chi connectivity index (χ1v) is 27.3. The van der Waals surface area contributed by atoms with E-state index in [1.54, 1.807) is 0 Å². The molecular formula is C69H48N2Si. The molecule has 0 bridgehead atoms. The predicted octanol–water partition coefficient (Wildman–Crippen LogP) is 15.4. The van der Waals surface area contributed by atoms with Crippen LogP contribution in [-0.4, -0.2) is 12.6 Å². The summed E-state index contributed by atoms with van der Waals surface area (Å²) in [5.74, 6) is 0. The lowest BCUT2D eigenvalue weighted by atomic mass is 9.80. The van der Waals surface area contributed by atoms with E-state index in [-0.39, 0.29) is 5.41 Å². The first-order valence-electron chi connectivity index (χ1n) is 25.3. The van der Waals surface area contributed by atoms with Crippen LogP contribution in [0.2, 0.25) is 0 Å². The number of hydrogen-bond acceptors (Lipinski definition) is 1. The highest BCUT2D eigenvalue weighted by atomic mass is 28.3. The van der Waals surface area contributed by atoms with Crippen molar-refractivity contribution in [2.24, 2.45) is 0 Å². The van der Waals surface area contributed by atoms with Crippen molar-refractivity contribution in [1.82, 2.24) is 4.57 Å². The van der Waals surface area contributed by atoms with Gasteiger partial charge in [0.05, 0.1) is 16.7 Å². The molecule has 15 rings (SSSR count). The number of nitrogens with zero attached hydrogens (tertiary/aromatic N) is 2. The van der Waals surface area contributed by atoms with Gasteiger partial charge in [0.1, 0.15) is 0 Å². The Morgan fingerprint density at radius 1 is 0.361 bits per heavy atom. The van der Waals surface area contributed by atoms with E-state index in [4.69, 9.17) is 0 Å². The second kappa shape index (κ2) is 15.4. The highest BCUT2D eigenvalue weighted by molar-refractivity contribution is 7.21. The summed E-state index contributed by atoms with van der Waals surface area (Å²) in [5.41, 5.74) is 15.1. The Labute approximate surface area is 420 Å². The monoisotopic (exact) mass is 932 g/mol. The molecular weight excluding hydrogens is 885 g/mol. The normalized spacial score (nSPS) is 14.2. The lowest BCUT2D eigenvalue weighted by Crippen LogP contribution is -2.77. The maximum Gasteiger partial charge on any atom is 0.184 e. The summed E-state index contributed by atoms with van der Waals surface area (Å²) < 4.78 is 2.49. The summed E-state index contributed by atoms with van der Waals surface area (Å²) in [6.07, 6.45) is 0. The van der Waals surface area contributed by atoms with E-state index in [1.807, 2.05) is 0 Å². The zero-order chi connectivity index (χ0) is 47.7. The van der Waals surface area contributed by atoms with Crippen LogP contribution in [0.1, 0.15) is 25.0 Å². The number of para-hydroxylation sites is 2. The number of aromatic nitrogens is 1. The van der Waals surface area contributed by atoms with Crippen LogP contribution >= 0.6 is 0 Å². The molecule has 0 radical (unpaired) electrons. The summed E-state index contributed by atoms with van der Waals surface area (Å²) >= 11 is 0. The summed E-state index contributed by atoms with van der Waals surface area (Å²) in [4.78, 5) is 2.60. The second-order valence-electron chi connectivity index (χ2n) is 20.4. The first-order chi connectivity index (χ1) is 35.5. The van der Waals surface area contributed by atoms with Gasteiger partial charge >= 0.3 is 0 Å². The Balaban J connectivity index is 0.977. The van der Waals surface area contributed by atoms with Crippen molar-refractivity contribution in [1.29, 1.82) is 0 Å². The molecule has 0 atom stereocenters. The summed E-state index contributed by atoms with van der Waals surface area (Å²) in [6, 6.07) is 96.5. The molecule has 0 unspecified atom stereocenters. The van der Waals surface area contributed by atoms with Gasteiger partial charge in [0, 0.05) is 44.0 Å². The molecule has 0 N–H and O–H groups in total. The SMILES string of the molecule is CC1(C)c2ccccc2-c2ccc3ccc(-n4c5ccccc5c5cc(-c6ccc7c(c6)[Si](c6ccccc6)(c6ccccc6)c6ccccc6N7c6c7ccccc7cc7ccccc67)ccc54)cc3c21. The third-order valence-corrected chi connectivity index (χ3v) is 21.2. The van der Waals surface area contributed by atoms with Gasteiger partial charge in [-0.25, -0.2) is 0 Å². The maximum absolute atomic E-state index is 2.99. The smallest absolute Gasteiger partial charge is 0.184 e. The van der Waals surface area contributed by atoms with Gasteiger partial charge in [-0.05, 0) is 124 Å². The second-order valence-corrected chi connectivity index (χ2v) is 24.1. The molecule has 72 heavy (non-hydrogen) atoms. The molecule has 1 aliphatic heterocycles. The fourth-order valence-corrected chi connectivity index (χ4v) is 18.4. The number of benzene rings is 12. The summed E-state index contributed by atoms with van der Waals surface area (Å²) in [6.45, 7) is 4.78. The van der Waals surface area contributed by atoms with Gasteiger partial charge in [-0.1, -0.05) is 220 Å². The third-order valence-electron chi connectivity index (χ3n) is 16.4. The number of anilines is 3. The Hall–Kier alpha value is -8.76. The van der Waals surface area contributed by atoms with E-state index in [9.17, 15) is 0 Å². The molecule has 2 aliphatic rings. The molecule has 0 spiro atoms. The molecule has 0 fully saturated rings. The molecule has 338 valence electrons. The van der Waals surface area contributed by atoms with Crippen LogP contribution in [0.5, 0.6) is 0 Å². The zero-order valence-electron chi connectivity index (χ0n) is 40.1. The van der Waals surface area contributed by atoms with Crippen molar-refractivity contribution in [3.8, 4) is 27.9 Å². The van der Waals surface area contributed by atoms with Crippen molar-refractivity contribution < 1.29 is 0 Å². The molecule has 0 saturated heterocycles. The van der Waals surface area contributed by atoms with Crippen LogP contribution in [0.15, 0.2) is 255 Å². The summed E-state index contributed by atoms with van der Waals surface area (Å²) in [5, 5.41) is 15.5. The van der Waals surface area contributed by atoms with Crippen LogP contribution in [-0.2, 0) is 5.41 Å². The van der Waals surface area contributed by atoms with E-state index in [0.29, 0.717) is 0 Å². The number of hydrogen-bond donors (Lipinski definition) is 0. The van der Waals surface area contributed by atoms with Crippen molar-refractivity contribution in [3.63, 3.8) is 0 Å². The highest BCUT2D eigenvalue weighted by Gasteiger charge is 2.49. The molecule has 1 aromatic heterocycles. The molecule has 13 aromatic rings. The lowest BCUT2D eigenvalue weighted by molar-refractivity contribution is 0.666. The fourth-order valence-electron chi connectivity index (χ4n) is 13.3. The van der Waals surface area contributed by atoms with E-state index >= 15 is 0 Å². The van der Waals surface area contributed by atoms with Crippen LogP contribution in [0.4, 0.5) is 17.1 Å². The lowest BCUT2D eigenvalue weighted by Gasteiger charge is -2.45. The van der Waals surface area contributed by atoms with Crippen molar-refractivity contribution in [3.05, 3.63) is 266 Å². The fraction of sp³-hybridized carbons (Fsp3) is 0.0435. The molecule has 2 nitrogen and oxygen atoms in total. The average Bonchev–Trinajstić information content (AvgIpc) is 3.90. The highest BCUT2D eigenvalue weighted by Crippen LogP contribution is 2.52.